The molecular weight excluding hydrogens is 250 g/mol. The molecule has 1 aliphatic heterocycles. The maximum absolute atomic E-state index is 11.4. The van der Waals surface area contributed by atoms with Gasteiger partial charge < -0.3 is 5.73 Å². The summed E-state index contributed by atoms with van der Waals surface area (Å²) in [6, 6.07) is 5.57. The average molecular weight is 265 g/mol. The van der Waals surface area contributed by atoms with Gasteiger partial charge in [0, 0.05) is 6.20 Å². The van der Waals surface area contributed by atoms with Crippen LogP contribution in [0.1, 0.15) is 12.1 Å². The number of aromatic nitrogens is 2. The predicted molar refractivity (Wildman–Crippen MR) is 70.1 cm³/mol. The van der Waals surface area contributed by atoms with Gasteiger partial charge in [-0.1, -0.05) is 6.07 Å². The first kappa shape index (κ1) is 11.5. The summed E-state index contributed by atoms with van der Waals surface area (Å²) < 4.78 is 24.7. The van der Waals surface area contributed by atoms with Crippen molar-refractivity contribution in [2.45, 2.75) is 12.8 Å². The van der Waals surface area contributed by atoms with Gasteiger partial charge in [-0.3, -0.25) is 4.40 Å². The molecule has 0 aliphatic carbocycles. The van der Waals surface area contributed by atoms with E-state index in [9.17, 15) is 8.42 Å². The molecule has 2 aromatic heterocycles. The van der Waals surface area contributed by atoms with E-state index in [1.54, 1.807) is 0 Å². The molecule has 0 aromatic carbocycles. The zero-order chi connectivity index (χ0) is 12.8. The van der Waals surface area contributed by atoms with Crippen molar-refractivity contribution in [1.29, 1.82) is 0 Å². The first-order valence-corrected chi connectivity index (χ1v) is 7.78. The molecule has 0 bridgehead atoms. The molecule has 0 amide bonds. The van der Waals surface area contributed by atoms with Crippen LogP contribution in [-0.4, -0.2) is 29.3 Å². The topological polar surface area (TPSA) is 77.5 Å². The third-order valence-corrected chi connectivity index (χ3v) is 5.24. The lowest BCUT2D eigenvalue weighted by Gasteiger charge is -2.03. The van der Waals surface area contributed by atoms with Gasteiger partial charge in [0.05, 0.1) is 17.2 Å². The number of fused-ring (bicyclic) bond motifs is 1. The molecule has 0 radical (unpaired) electrons. The highest BCUT2D eigenvalue weighted by atomic mass is 32.2. The number of hydrogen-bond acceptors (Lipinski definition) is 4. The molecule has 18 heavy (non-hydrogen) atoms. The summed E-state index contributed by atoms with van der Waals surface area (Å²) >= 11 is 0. The molecule has 1 atom stereocenters. The third kappa shape index (κ3) is 2.08. The summed E-state index contributed by atoms with van der Waals surface area (Å²) in [5.41, 5.74) is 7.57. The zero-order valence-corrected chi connectivity index (χ0v) is 10.7. The van der Waals surface area contributed by atoms with Crippen molar-refractivity contribution in [2.24, 2.45) is 5.92 Å². The first-order valence-electron chi connectivity index (χ1n) is 5.96. The average Bonchev–Trinajstić information content (AvgIpc) is 2.83. The van der Waals surface area contributed by atoms with Gasteiger partial charge in [-0.2, -0.15) is 0 Å². The van der Waals surface area contributed by atoms with Crippen molar-refractivity contribution in [3.63, 3.8) is 0 Å². The Bertz CT molecular complexity index is 690. The van der Waals surface area contributed by atoms with Crippen LogP contribution in [0.5, 0.6) is 0 Å². The number of pyridine rings is 1. The Hall–Kier alpha value is -1.56. The molecule has 1 fully saturated rings. The highest BCUT2D eigenvalue weighted by Gasteiger charge is 2.28. The summed E-state index contributed by atoms with van der Waals surface area (Å²) in [7, 11) is -2.81. The number of sulfone groups is 1. The molecule has 2 N–H and O–H groups in total. The van der Waals surface area contributed by atoms with Gasteiger partial charge >= 0.3 is 0 Å². The second-order valence-corrected chi connectivity index (χ2v) is 7.11. The molecule has 0 spiro atoms. The van der Waals surface area contributed by atoms with Gasteiger partial charge in [-0.15, -0.1) is 0 Å². The molecule has 5 nitrogen and oxygen atoms in total. The van der Waals surface area contributed by atoms with E-state index in [0.717, 1.165) is 17.8 Å². The van der Waals surface area contributed by atoms with Crippen LogP contribution < -0.4 is 5.73 Å². The molecular formula is C12H15N3O2S. The Balaban J connectivity index is 1.86. The van der Waals surface area contributed by atoms with Crippen molar-refractivity contribution in [2.75, 3.05) is 17.2 Å². The fourth-order valence-corrected chi connectivity index (χ4v) is 4.37. The maximum atomic E-state index is 11.4. The van der Waals surface area contributed by atoms with E-state index in [2.05, 4.69) is 4.98 Å². The monoisotopic (exact) mass is 265 g/mol. The Labute approximate surface area is 106 Å². The van der Waals surface area contributed by atoms with Crippen LogP contribution in [-0.2, 0) is 16.3 Å². The minimum atomic E-state index is -2.81. The van der Waals surface area contributed by atoms with Crippen molar-refractivity contribution in [3.8, 4) is 0 Å². The summed E-state index contributed by atoms with van der Waals surface area (Å²) in [6.45, 7) is 0. The van der Waals surface area contributed by atoms with Crippen LogP contribution in [0.15, 0.2) is 24.4 Å². The zero-order valence-electron chi connectivity index (χ0n) is 9.91. The third-order valence-electron chi connectivity index (χ3n) is 3.40. The second-order valence-electron chi connectivity index (χ2n) is 4.88. The molecule has 3 rings (SSSR count). The molecule has 0 saturated carbocycles. The van der Waals surface area contributed by atoms with E-state index in [0.29, 0.717) is 18.0 Å². The fraction of sp³-hybridized carbons (Fsp3) is 0.417. The van der Waals surface area contributed by atoms with Crippen LogP contribution in [0.3, 0.4) is 0 Å². The van der Waals surface area contributed by atoms with Crippen molar-refractivity contribution < 1.29 is 8.42 Å². The smallest absolute Gasteiger partial charge is 0.150 e. The lowest BCUT2D eigenvalue weighted by atomic mass is 10.0. The van der Waals surface area contributed by atoms with Gasteiger partial charge in [0.15, 0.2) is 9.84 Å². The van der Waals surface area contributed by atoms with E-state index in [1.165, 1.54) is 0 Å². The molecule has 3 heterocycles. The van der Waals surface area contributed by atoms with Gasteiger partial charge in [0.25, 0.3) is 0 Å². The Morgan fingerprint density at radius 3 is 2.94 bits per heavy atom. The van der Waals surface area contributed by atoms with Crippen LogP contribution in [0.2, 0.25) is 0 Å². The van der Waals surface area contributed by atoms with Gasteiger partial charge in [-0.05, 0) is 30.9 Å². The lowest BCUT2D eigenvalue weighted by molar-refractivity contribution is 0.578. The van der Waals surface area contributed by atoms with Crippen molar-refractivity contribution in [3.05, 3.63) is 30.1 Å². The van der Waals surface area contributed by atoms with Crippen LogP contribution in [0.4, 0.5) is 5.82 Å². The molecule has 1 saturated heterocycles. The van der Waals surface area contributed by atoms with E-state index in [1.807, 2.05) is 28.8 Å². The number of nitrogens with zero attached hydrogens (tertiary/aromatic N) is 2. The molecule has 1 aliphatic rings. The number of nitrogen functional groups attached to an aromatic ring is 1. The minimum Gasteiger partial charge on any atom is -0.385 e. The molecule has 96 valence electrons. The van der Waals surface area contributed by atoms with E-state index in [4.69, 9.17) is 5.73 Å². The van der Waals surface area contributed by atoms with Gasteiger partial charge in [0.2, 0.25) is 0 Å². The Morgan fingerprint density at radius 2 is 2.28 bits per heavy atom. The van der Waals surface area contributed by atoms with E-state index < -0.39 is 9.84 Å². The quantitative estimate of drug-likeness (QED) is 0.875. The minimum absolute atomic E-state index is 0.195. The first-order chi connectivity index (χ1) is 8.53. The largest absolute Gasteiger partial charge is 0.385 e. The molecule has 1 unspecified atom stereocenters. The molecule has 6 heteroatoms. The number of nitrogens with two attached hydrogens (primary N) is 1. The number of hydrogen-bond donors (Lipinski definition) is 1. The van der Waals surface area contributed by atoms with E-state index in [-0.39, 0.29) is 11.7 Å². The number of rotatable bonds is 2. The van der Waals surface area contributed by atoms with Crippen LogP contribution >= 0.6 is 0 Å². The Kier molecular flexibility index (Phi) is 2.55. The summed E-state index contributed by atoms with van der Waals surface area (Å²) in [6.07, 6.45) is 3.35. The predicted octanol–water partition coefficient (Wildman–Crippen LogP) is 0.894. The number of imidazole rings is 1. The summed E-state index contributed by atoms with van der Waals surface area (Å²) in [4.78, 5) is 4.47. The van der Waals surface area contributed by atoms with E-state index >= 15 is 0 Å². The van der Waals surface area contributed by atoms with Crippen molar-refractivity contribution in [1.82, 2.24) is 9.38 Å². The lowest BCUT2D eigenvalue weighted by Crippen LogP contribution is -2.07. The fourth-order valence-electron chi connectivity index (χ4n) is 2.51. The summed E-state index contributed by atoms with van der Waals surface area (Å²) in [5.74, 6) is 1.44. The van der Waals surface area contributed by atoms with Gasteiger partial charge in [0.1, 0.15) is 11.5 Å². The standard InChI is InChI=1S/C12H15N3O2S/c13-11-2-1-3-12-14-10(7-15(11)12)6-9-4-5-18(16,17)8-9/h1-3,7,9H,4-6,8,13H2. The highest BCUT2D eigenvalue weighted by Crippen LogP contribution is 2.23. The van der Waals surface area contributed by atoms with Crippen LogP contribution in [0, 0.1) is 5.92 Å². The SMILES string of the molecule is Nc1cccc2nc(CC3CCS(=O)(=O)C3)cn12. The second kappa shape index (κ2) is 3.98. The van der Waals surface area contributed by atoms with Crippen molar-refractivity contribution >= 4 is 21.3 Å². The number of anilines is 1. The maximum Gasteiger partial charge on any atom is 0.150 e. The summed E-state index contributed by atoms with van der Waals surface area (Å²) in [5, 5.41) is 0. The van der Waals surface area contributed by atoms with Crippen LogP contribution in [0.25, 0.3) is 5.65 Å². The normalized spacial score (nSPS) is 22.6. The highest BCUT2D eigenvalue weighted by molar-refractivity contribution is 7.91. The Morgan fingerprint density at radius 1 is 1.44 bits per heavy atom. The van der Waals surface area contributed by atoms with Gasteiger partial charge in [-0.25, -0.2) is 13.4 Å². The molecule has 2 aromatic rings.